The van der Waals surface area contributed by atoms with E-state index in [-0.39, 0.29) is 29.6 Å². The number of carbonyl (C=O) groups is 2. The molecule has 29 heavy (non-hydrogen) atoms. The second-order valence-electron chi connectivity index (χ2n) is 6.58. The van der Waals surface area contributed by atoms with E-state index < -0.39 is 5.97 Å². The molecule has 0 atom stereocenters. The van der Waals surface area contributed by atoms with Crippen molar-refractivity contribution in [2.75, 3.05) is 13.7 Å². The molecule has 1 aliphatic heterocycles. The van der Waals surface area contributed by atoms with Gasteiger partial charge in [0.1, 0.15) is 17.1 Å². The molecule has 0 aliphatic carbocycles. The number of carboxylic acid groups (broad SMARTS) is 1. The summed E-state index contributed by atoms with van der Waals surface area (Å²) in [6, 6.07) is 6.09. The molecule has 0 spiro atoms. The highest BCUT2D eigenvalue weighted by molar-refractivity contribution is 5.96. The minimum absolute atomic E-state index is 0.0314. The lowest BCUT2D eigenvalue weighted by Gasteiger charge is -2.26. The van der Waals surface area contributed by atoms with Crippen molar-refractivity contribution in [2.45, 2.75) is 20.0 Å². The average Bonchev–Trinajstić information content (AvgIpc) is 3.28. The number of hydrogen-bond donors (Lipinski definition) is 2. The number of benzene rings is 1. The van der Waals surface area contributed by atoms with Crippen LogP contribution < -0.4 is 4.74 Å². The second-order valence-corrected chi connectivity index (χ2v) is 6.58. The molecule has 0 radical (unpaired) electrons. The van der Waals surface area contributed by atoms with Crippen molar-refractivity contribution in [1.29, 1.82) is 0 Å². The SMILES string of the molecule is COc1ccc(-c2nc(CN3CCn4nc(C(=O)O)cc4C3=O)c(C)o2)cc1O. The van der Waals surface area contributed by atoms with Gasteiger partial charge in [-0.25, -0.2) is 9.78 Å². The molecule has 4 rings (SSSR count). The second kappa shape index (κ2) is 6.97. The van der Waals surface area contributed by atoms with Crippen molar-refractivity contribution in [3.8, 4) is 23.0 Å². The van der Waals surface area contributed by atoms with Gasteiger partial charge in [-0.3, -0.25) is 9.48 Å². The summed E-state index contributed by atoms with van der Waals surface area (Å²) in [4.78, 5) is 29.9. The summed E-state index contributed by atoms with van der Waals surface area (Å²) in [6.45, 7) is 2.72. The van der Waals surface area contributed by atoms with Crippen LogP contribution in [-0.4, -0.2) is 55.4 Å². The number of nitrogens with zero attached hydrogens (tertiary/aromatic N) is 4. The molecule has 2 aromatic heterocycles. The number of phenols is 1. The van der Waals surface area contributed by atoms with Crippen molar-refractivity contribution in [3.05, 3.63) is 47.1 Å². The molecule has 0 saturated heterocycles. The standard InChI is InChI=1S/C19H18N4O6/c1-10-13(20-17(29-10)11-3-4-16(28-2)15(24)7-11)9-22-5-6-23-14(18(22)25)8-12(21-23)19(26)27/h3-4,7-8,24H,5-6,9H2,1-2H3,(H,26,27). The van der Waals surface area contributed by atoms with E-state index in [2.05, 4.69) is 10.1 Å². The Labute approximate surface area is 165 Å². The number of aromatic nitrogens is 3. The van der Waals surface area contributed by atoms with Crippen molar-refractivity contribution in [3.63, 3.8) is 0 Å². The van der Waals surface area contributed by atoms with Gasteiger partial charge in [-0.15, -0.1) is 0 Å². The van der Waals surface area contributed by atoms with E-state index >= 15 is 0 Å². The highest BCUT2D eigenvalue weighted by atomic mass is 16.5. The normalized spacial score (nSPS) is 13.4. The van der Waals surface area contributed by atoms with Crippen molar-refractivity contribution in [2.24, 2.45) is 0 Å². The first-order valence-electron chi connectivity index (χ1n) is 8.81. The van der Waals surface area contributed by atoms with Gasteiger partial charge in [0.2, 0.25) is 5.89 Å². The summed E-state index contributed by atoms with van der Waals surface area (Å²) >= 11 is 0. The Hall–Kier alpha value is -3.82. The maximum atomic E-state index is 12.7. The smallest absolute Gasteiger partial charge is 0.356 e. The van der Waals surface area contributed by atoms with Gasteiger partial charge in [0.05, 0.1) is 20.2 Å². The molecule has 1 amide bonds. The molecule has 2 N–H and O–H groups in total. The van der Waals surface area contributed by atoms with Crippen LogP contribution >= 0.6 is 0 Å². The number of aromatic hydroxyl groups is 1. The zero-order valence-electron chi connectivity index (χ0n) is 15.7. The van der Waals surface area contributed by atoms with E-state index in [0.717, 1.165) is 0 Å². The van der Waals surface area contributed by atoms with E-state index in [0.29, 0.717) is 41.7 Å². The van der Waals surface area contributed by atoms with Crippen LogP contribution in [0.1, 0.15) is 32.4 Å². The Morgan fingerprint density at radius 2 is 2.10 bits per heavy atom. The molecule has 0 fully saturated rings. The maximum absolute atomic E-state index is 12.7. The number of carboxylic acids is 1. The molecule has 1 aromatic carbocycles. The lowest BCUT2D eigenvalue weighted by atomic mass is 10.2. The molecule has 10 heteroatoms. The van der Waals surface area contributed by atoms with E-state index in [9.17, 15) is 14.7 Å². The molecule has 1 aliphatic rings. The van der Waals surface area contributed by atoms with Crippen LogP contribution in [0.25, 0.3) is 11.5 Å². The molecule has 0 saturated carbocycles. The average molecular weight is 398 g/mol. The summed E-state index contributed by atoms with van der Waals surface area (Å²) < 4.78 is 12.2. The molecular formula is C19H18N4O6. The van der Waals surface area contributed by atoms with Crippen LogP contribution in [0.3, 0.4) is 0 Å². The van der Waals surface area contributed by atoms with Gasteiger partial charge in [0.25, 0.3) is 5.91 Å². The van der Waals surface area contributed by atoms with Gasteiger partial charge < -0.3 is 24.3 Å². The first kappa shape index (κ1) is 18.5. The third-order valence-electron chi connectivity index (χ3n) is 4.75. The van der Waals surface area contributed by atoms with Crippen LogP contribution in [0.5, 0.6) is 11.5 Å². The van der Waals surface area contributed by atoms with Gasteiger partial charge in [0, 0.05) is 18.2 Å². The quantitative estimate of drug-likeness (QED) is 0.666. The summed E-state index contributed by atoms with van der Waals surface area (Å²) in [5.74, 6) is -0.315. The molecule has 10 nitrogen and oxygen atoms in total. The fraction of sp³-hybridized carbons (Fsp3) is 0.263. The van der Waals surface area contributed by atoms with Crippen LogP contribution in [0.15, 0.2) is 28.7 Å². The van der Waals surface area contributed by atoms with Gasteiger partial charge in [-0.2, -0.15) is 5.10 Å². The Balaban J connectivity index is 1.57. The Kier molecular flexibility index (Phi) is 4.45. The highest BCUT2D eigenvalue weighted by Gasteiger charge is 2.29. The van der Waals surface area contributed by atoms with Gasteiger partial charge in [-0.05, 0) is 25.1 Å². The Bertz CT molecular complexity index is 1120. The largest absolute Gasteiger partial charge is 0.504 e. The number of amides is 1. The summed E-state index contributed by atoms with van der Waals surface area (Å²) in [5, 5.41) is 23.0. The van der Waals surface area contributed by atoms with Crippen molar-refractivity contribution in [1.82, 2.24) is 19.7 Å². The lowest BCUT2D eigenvalue weighted by molar-refractivity contribution is 0.0669. The predicted molar refractivity (Wildman–Crippen MR) is 98.8 cm³/mol. The van der Waals surface area contributed by atoms with Crippen LogP contribution in [0.2, 0.25) is 0 Å². The molecule has 0 bridgehead atoms. The molecule has 150 valence electrons. The summed E-state index contributed by atoms with van der Waals surface area (Å²) in [5.41, 5.74) is 1.23. The number of oxazole rings is 1. The predicted octanol–water partition coefficient (Wildman–Crippen LogP) is 1.91. The number of rotatable bonds is 5. The fourth-order valence-corrected chi connectivity index (χ4v) is 3.20. The summed E-state index contributed by atoms with van der Waals surface area (Å²) in [6.07, 6.45) is 0. The van der Waals surface area contributed by atoms with Crippen molar-refractivity contribution < 1.29 is 29.0 Å². The van der Waals surface area contributed by atoms with E-state index in [1.807, 2.05) is 0 Å². The van der Waals surface area contributed by atoms with Crippen LogP contribution in [-0.2, 0) is 13.1 Å². The maximum Gasteiger partial charge on any atom is 0.356 e. The fourth-order valence-electron chi connectivity index (χ4n) is 3.20. The van der Waals surface area contributed by atoms with Crippen LogP contribution in [0.4, 0.5) is 0 Å². The van der Waals surface area contributed by atoms with Gasteiger partial charge >= 0.3 is 5.97 Å². The Morgan fingerprint density at radius 3 is 2.79 bits per heavy atom. The third-order valence-corrected chi connectivity index (χ3v) is 4.75. The van der Waals surface area contributed by atoms with E-state index in [1.54, 1.807) is 24.0 Å². The van der Waals surface area contributed by atoms with E-state index in [4.69, 9.17) is 14.3 Å². The number of fused-ring (bicyclic) bond motifs is 1. The molecular weight excluding hydrogens is 380 g/mol. The zero-order chi connectivity index (χ0) is 20.7. The molecule has 0 unspecified atom stereocenters. The number of aryl methyl sites for hydroxylation is 1. The monoisotopic (exact) mass is 398 g/mol. The number of phenolic OH excluding ortho intramolecular Hbond substituents is 1. The number of carbonyl (C=O) groups excluding carboxylic acids is 1. The highest BCUT2D eigenvalue weighted by Crippen LogP contribution is 2.32. The number of hydrogen-bond acceptors (Lipinski definition) is 7. The molecule has 3 heterocycles. The first-order valence-corrected chi connectivity index (χ1v) is 8.81. The van der Waals surface area contributed by atoms with Crippen LogP contribution in [0, 0.1) is 6.92 Å². The third kappa shape index (κ3) is 3.28. The number of ether oxygens (including phenoxy) is 1. The first-order chi connectivity index (χ1) is 13.9. The number of methoxy groups -OCH3 is 1. The number of aromatic carboxylic acids is 1. The topological polar surface area (TPSA) is 131 Å². The molecule has 3 aromatic rings. The lowest BCUT2D eigenvalue weighted by Crippen LogP contribution is -2.40. The van der Waals surface area contributed by atoms with Crippen molar-refractivity contribution >= 4 is 11.9 Å². The minimum Gasteiger partial charge on any atom is -0.504 e. The van der Waals surface area contributed by atoms with Gasteiger partial charge in [0.15, 0.2) is 17.2 Å². The Morgan fingerprint density at radius 1 is 1.31 bits per heavy atom. The zero-order valence-corrected chi connectivity index (χ0v) is 15.7. The minimum atomic E-state index is -1.18. The van der Waals surface area contributed by atoms with Gasteiger partial charge in [-0.1, -0.05) is 0 Å². The van der Waals surface area contributed by atoms with E-state index in [1.165, 1.54) is 23.9 Å². The summed E-state index contributed by atoms with van der Waals surface area (Å²) in [7, 11) is 1.46.